The molecule has 0 saturated carbocycles. The molecular weight excluding hydrogens is 357 g/mol. The van der Waals surface area contributed by atoms with Crippen LogP contribution in [0, 0.1) is 11.8 Å². The summed E-state index contributed by atoms with van der Waals surface area (Å²) < 4.78 is 44.5. The van der Waals surface area contributed by atoms with E-state index in [4.69, 9.17) is 4.74 Å². The SMILES string of the molecule is CC(C)NC(=O)C[C@@H]1OC[C@H]2CN(Cc3cccc(C(F)(F)F)c3)CC[C@H]21. The number of amides is 1. The second kappa shape index (κ2) is 8.19. The van der Waals surface area contributed by atoms with Crippen molar-refractivity contribution >= 4 is 5.91 Å². The predicted molar refractivity (Wildman–Crippen MR) is 96.0 cm³/mol. The Morgan fingerprint density at radius 1 is 1.37 bits per heavy atom. The molecule has 2 heterocycles. The fourth-order valence-corrected chi connectivity index (χ4v) is 4.18. The predicted octanol–water partition coefficient (Wildman–Crippen LogP) is 3.46. The number of carbonyl (C=O) groups excluding carboxylic acids is 1. The summed E-state index contributed by atoms with van der Waals surface area (Å²) in [4.78, 5) is 14.2. The van der Waals surface area contributed by atoms with E-state index in [0.29, 0.717) is 37.0 Å². The van der Waals surface area contributed by atoms with E-state index in [0.717, 1.165) is 25.6 Å². The molecule has 1 aromatic rings. The van der Waals surface area contributed by atoms with Crippen LogP contribution in [-0.4, -0.2) is 42.6 Å². The number of hydrogen-bond acceptors (Lipinski definition) is 3. The number of nitrogens with zero attached hydrogens (tertiary/aromatic N) is 1. The second-order valence-corrected chi connectivity index (χ2v) is 7.94. The van der Waals surface area contributed by atoms with Crippen LogP contribution in [0.1, 0.15) is 37.8 Å². The quantitative estimate of drug-likeness (QED) is 0.845. The molecule has 1 amide bonds. The van der Waals surface area contributed by atoms with Crippen molar-refractivity contribution in [1.29, 1.82) is 0 Å². The van der Waals surface area contributed by atoms with E-state index in [9.17, 15) is 18.0 Å². The number of halogens is 3. The van der Waals surface area contributed by atoms with Crippen molar-refractivity contribution < 1.29 is 22.7 Å². The van der Waals surface area contributed by atoms with Crippen molar-refractivity contribution in [2.75, 3.05) is 19.7 Å². The van der Waals surface area contributed by atoms with Crippen LogP contribution in [0.5, 0.6) is 0 Å². The Bertz CT molecular complexity index is 663. The summed E-state index contributed by atoms with van der Waals surface area (Å²) in [5.41, 5.74) is 0.0744. The fraction of sp³-hybridized carbons (Fsp3) is 0.650. The van der Waals surface area contributed by atoms with Crippen LogP contribution in [0.15, 0.2) is 24.3 Å². The van der Waals surface area contributed by atoms with Gasteiger partial charge in [0, 0.05) is 25.0 Å². The molecule has 150 valence electrons. The highest BCUT2D eigenvalue weighted by Crippen LogP contribution is 2.36. The minimum absolute atomic E-state index is 0.0158. The first-order valence-corrected chi connectivity index (χ1v) is 9.52. The van der Waals surface area contributed by atoms with Crippen LogP contribution in [0.25, 0.3) is 0 Å². The molecule has 1 aromatic carbocycles. The van der Waals surface area contributed by atoms with Crippen molar-refractivity contribution in [3.8, 4) is 0 Å². The van der Waals surface area contributed by atoms with Gasteiger partial charge in [0.25, 0.3) is 0 Å². The van der Waals surface area contributed by atoms with E-state index in [2.05, 4.69) is 10.2 Å². The lowest BCUT2D eigenvalue weighted by Crippen LogP contribution is -2.42. The molecule has 27 heavy (non-hydrogen) atoms. The van der Waals surface area contributed by atoms with Crippen molar-refractivity contribution in [1.82, 2.24) is 10.2 Å². The number of rotatable bonds is 5. The molecule has 0 radical (unpaired) electrons. The third-order valence-corrected chi connectivity index (χ3v) is 5.38. The Labute approximate surface area is 158 Å². The van der Waals surface area contributed by atoms with E-state index >= 15 is 0 Å². The Morgan fingerprint density at radius 2 is 2.15 bits per heavy atom. The number of likely N-dealkylation sites (tertiary alicyclic amines) is 1. The monoisotopic (exact) mass is 384 g/mol. The molecule has 0 aliphatic carbocycles. The lowest BCUT2D eigenvalue weighted by Gasteiger charge is -2.35. The highest BCUT2D eigenvalue weighted by molar-refractivity contribution is 5.76. The minimum Gasteiger partial charge on any atom is -0.377 e. The van der Waals surface area contributed by atoms with Gasteiger partial charge >= 0.3 is 6.18 Å². The lowest BCUT2D eigenvalue weighted by molar-refractivity contribution is -0.137. The van der Waals surface area contributed by atoms with Gasteiger partial charge in [-0.3, -0.25) is 9.69 Å². The summed E-state index contributed by atoms with van der Waals surface area (Å²) in [6.07, 6.45) is -3.08. The molecule has 2 aliphatic rings. The molecule has 1 N–H and O–H groups in total. The van der Waals surface area contributed by atoms with Gasteiger partial charge in [0.1, 0.15) is 0 Å². The topological polar surface area (TPSA) is 41.6 Å². The second-order valence-electron chi connectivity index (χ2n) is 7.94. The number of nitrogens with one attached hydrogen (secondary N) is 1. The molecule has 4 nitrogen and oxygen atoms in total. The maximum Gasteiger partial charge on any atom is 0.416 e. The third-order valence-electron chi connectivity index (χ3n) is 5.38. The number of fused-ring (bicyclic) bond motifs is 1. The zero-order chi connectivity index (χ0) is 19.6. The lowest BCUT2D eigenvalue weighted by atomic mass is 9.83. The van der Waals surface area contributed by atoms with Crippen LogP contribution >= 0.6 is 0 Å². The maximum atomic E-state index is 12.9. The number of carbonyl (C=O) groups is 1. The number of ether oxygens (including phenoxy) is 1. The van der Waals surface area contributed by atoms with Crippen molar-refractivity contribution in [2.24, 2.45) is 11.8 Å². The van der Waals surface area contributed by atoms with Gasteiger partial charge in [0.15, 0.2) is 0 Å². The molecule has 2 fully saturated rings. The highest BCUT2D eigenvalue weighted by atomic mass is 19.4. The van der Waals surface area contributed by atoms with Gasteiger partial charge in [-0.25, -0.2) is 0 Å². The Kier molecular flexibility index (Phi) is 6.11. The summed E-state index contributed by atoms with van der Waals surface area (Å²) in [5, 5.41) is 2.90. The van der Waals surface area contributed by atoms with Gasteiger partial charge in [-0.2, -0.15) is 13.2 Å². The van der Waals surface area contributed by atoms with E-state index in [-0.39, 0.29) is 18.1 Å². The van der Waals surface area contributed by atoms with E-state index in [1.165, 1.54) is 12.1 Å². The highest BCUT2D eigenvalue weighted by Gasteiger charge is 2.41. The minimum atomic E-state index is -4.31. The van der Waals surface area contributed by atoms with Gasteiger partial charge in [-0.1, -0.05) is 18.2 Å². The summed E-state index contributed by atoms with van der Waals surface area (Å²) in [7, 11) is 0. The van der Waals surface area contributed by atoms with E-state index in [1.54, 1.807) is 6.07 Å². The van der Waals surface area contributed by atoms with Crippen LogP contribution in [0.2, 0.25) is 0 Å². The maximum absolute atomic E-state index is 12.9. The largest absolute Gasteiger partial charge is 0.416 e. The molecule has 3 atom stereocenters. The van der Waals surface area contributed by atoms with Crippen molar-refractivity contribution in [2.45, 2.75) is 51.6 Å². The van der Waals surface area contributed by atoms with Crippen LogP contribution in [-0.2, 0) is 22.3 Å². The first kappa shape index (κ1) is 20.1. The molecule has 0 spiro atoms. The van der Waals surface area contributed by atoms with Gasteiger partial charge in [0.05, 0.1) is 24.7 Å². The zero-order valence-corrected chi connectivity index (χ0v) is 15.8. The first-order valence-electron chi connectivity index (χ1n) is 9.52. The normalized spacial score (nSPS) is 26.2. The Hall–Kier alpha value is -1.60. The van der Waals surface area contributed by atoms with Crippen LogP contribution in [0.4, 0.5) is 13.2 Å². The van der Waals surface area contributed by atoms with E-state index < -0.39 is 11.7 Å². The molecule has 2 saturated heterocycles. The molecule has 0 aromatic heterocycles. The fourth-order valence-electron chi connectivity index (χ4n) is 4.18. The number of alkyl halides is 3. The van der Waals surface area contributed by atoms with Gasteiger partial charge in [0.2, 0.25) is 5.91 Å². The van der Waals surface area contributed by atoms with Gasteiger partial charge in [-0.15, -0.1) is 0 Å². The van der Waals surface area contributed by atoms with E-state index in [1.807, 2.05) is 13.8 Å². The molecular formula is C20H27F3N2O2. The zero-order valence-electron chi connectivity index (χ0n) is 15.8. The Balaban J connectivity index is 1.55. The van der Waals surface area contributed by atoms with Crippen LogP contribution < -0.4 is 5.32 Å². The Morgan fingerprint density at radius 3 is 2.85 bits per heavy atom. The summed E-state index contributed by atoms with van der Waals surface area (Å²) >= 11 is 0. The molecule has 2 aliphatic heterocycles. The third kappa shape index (κ3) is 5.23. The average Bonchev–Trinajstić information content (AvgIpc) is 2.95. The standard InChI is InChI=1S/C20H27F3N2O2/c1-13(2)24-19(26)9-18-17-6-7-25(11-15(17)12-27-18)10-14-4-3-5-16(8-14)20(21,22)23/h3-5,8,13,15,17-18H,6-7,9-12H2,1-2H3,(H,24,26)/t15-,17-,18+/m1/s1. The number of benzene rings is 1. The summed E-state index contributed by atoms with van der Waals surface area (Å²) in [6.45, 7) is 6.59. The molecule has 0 unspecified atom stereocenters. The van der Waals surface area contributed by atoms with Crippen molar-refractivity contribution in [3.05, 3.63) is 35.4 Å². The van der Waals surface area contributed by atoms with Gasteiger partial charge in [-0.05, 0) is 44.4 Å². The molecule has 7 heteroatoms. The molecule has 0 bridgehead atoms. The summed E-state index contributed by atoms with van der Waals surface area (Å²) in [5.74, 6) is 0.698. The van der Waals surface area contributed by atoms with Crippen molar-refractivity contribution in [3.63, 3.8) is 0 Å². The van der Waals surface area contributed by atoms with Crippen LogP contribution in [0.3, 0.4) is 0 Å². The van der Waals surface area contributed by atoms with Gasteiger partial charge < -0.3 is 10.1 Å². The average molecular weight is 384 g/mol. The number of hydrogen-bond donors (Lipinski definition) is 1. The number of piperidine rings is 1. The summed E-state index contributed by atoms with van der Waals surface area (Å²) in [6, 6.07) is 5.66. The molecule has 3 rings (SSSR count). The first-order chi connectivity index (χ1) is 12.7. The smallest absolute Gasteiger partial charge is 0.377 e.